The summed E-state index contributed by atoms with van der Waals surface area (Å²) in [6, 6.07) is 2.24. The molecule has 0 bridgehead atoms. The largest absolute Gasteiger partial charge is 0.381 e. The van der Waals surface area contributed by atoms with E-state index in [1.807, 2.05) is 6.07 Å². The van der Waals surface area contributed by atoms with Crippen LogP contribution >= 0.6 is 0 Å². The maximum absolute atomic E-state index is 12.0. The van der Waals surface area contributed by atoms with Gasteiger partial charge in [0.05, 0.1) is 5.69 Å². The number of nitrogens with one attached hydrogen (secondary N) is 3. The summed E-state index contributed by atoms with van der Waals surface area (Å²) in [4.78, 5) is 12.0. The van der Waals surface area contributed by atoms with Gasteiger partial charge in [-0.3, -0.25) is 5.10 Å². The number of nitriles is 1. The molecule has 7 nitrogen and oxygen atoms in total. The van der Waals surface area contributed by atoms with Gasteiger partial charge in [0.1, 0.15) is 11.6 Å². The number of aryl methyl sites for hydroxylation is 1. The third kappa shape index (κ3) is 4.62. The molecule has 2 rings (SSSR count). The predicted molar refractivity (Wildman–Crippen MR) is 88.6 cm³/mol. The highest BCUT2D eigenvalue weighted by molar-refractivity contribution is 5.74. The molecule has 0 aliphatic heterocycles. The number of carbonyl (C=O) groups is 1. The smallest absolute Gasteiger partial charge is 0.315 e. The summed E-state index contributed by atoms with van der Waals surface area (Å²) in [7, 11) is 0. The van der Waals surface area contributed by atoms with Gasteiger partial charge in [-0.25, -0.2) is 4.79 Å². The second-order valence-electron chi connectivity index (χ2n) is 6.14. The number of nitrogens with two attached hydrogens (primary N) is 1. The average Bonchev–Trinajstić information content (AvgIpc) is 2.92. The van der Waals surface area contributed by atoms with Crippen LogP contribution in [0.4, 0.5) is 10.6 Å². The molecule has 0 unspecified atom stereocenters. The molecule has 1 saturated carbocycles. The SMILES string of the molecule is CC[C@@H]1CCCC[C@H]1NC(=O)NCCCc1[nH]nc(N)c1C#N. The van der Waals surface area contributed by atoms with Crippen LogP contribution in [0.15, 0.2) is 0 Å². The zero-order valence-electron chi connectivity index (χ0n) is 13.7. The first-order chi connectivity index (χ1) is 11.2. The molecule has 1 aliphatic rings. The number of carbonyl (C=O) groups excluding carboxylic acids is 1. The van der Waals surface area contributed by atoms with Crippen LogP contribution in [0.3, 0.4) is 0 Å². The molecule has 5 N–H and O–H groups in total. The van der Waals surface area contributed by atoms with Gasteiger partial charge in [-0.15, -0.1) is 0 Å². The van der Waals surface area contributed by atoms with Crippen LogP contribution in [0.1, 0.15) is 56.7 Å². The van der Waals surface area contributed by atoms with Crippen LogP contribution in [0.25, 0.3) is 0 Å². The van der Waals surface area contributed by atoms with E-state index in [9.17, 15) is 4.79 Å². The van der Waals surface area contributed by atoms with E-state index in [2.05, 4.69) is 27.8 Å². The number of H-pyrrole nitrogens is 1. The minimum atomic E-state index is -0.0972. The molecule has 126 valence electrons. The quantitative estimate of drug-likeness (QED) is 0.600. The predicted octanol–water partition coefficient (Wildman–Crippen LogP) is 2.06. The zero-order chi connectivity index (χ0) is 16.7. The summed E-state index contributed by atoms with van der Waals surface area (Å²) in [6.07, 6.45) is 7.22. The molecular formula is C16H26N6O. The van der Waals surface area contributed by atoms with Crippen molar-refractivity contribution in [3.63, 3.8) is 0 Å². The highest BCUT2D eigenvalue weighted by Gasteiger charge is 2.24. The van der Waals surface area contributed by atoms with E-state index in [1.54, 1.807) is 0 Å². The van der Waals surface area contributed by atoms with Crippen molar-refractivity contribution in [1.82, 2.24) is 20.8 Å². The number of amides is 2. The minimum Gasteiger partial charge on any atom is -0.381 e. The molecule has 1 aromatic heterocycles. The van der Waals surface area contributed by atoms with Crippen LogP contribution in [-0.2, 0) is 6.42 Å². The maximum atomic E-state index is 12.0. The van der Waals surface area contributed by atoms with Crippen molar-refractivity contribution in [3.8, 4) is 6.07 Å². The summed E-state index contributed by atoms with van der Waals surface area (Å²) in [5.41, 5.74) is 6.72. The van der Waals surface area contributed by atoms with Crippen LogP contribution in [0.2, 0.25) is 0 Å². The molecule has 2 atom stereocenters. The number of nitrogens with zero attached hydrogens (tertiary/aromatic N) is 2. The van der Waals surface area contributed by atoms with E-state index in [1.165, 1.54) is 19.3 Å². The topological polar surface area (TPSA) is 120 Å². The number of anilines is 1. The van der Waals surface area contributed by atoms with E-state index >= 15 is 0 Å². The van der Waals surface area contributed by atoms with Crippen LogP contribution in [0.5, 0.6) is 0 Å². The number of hydrogen-bond acceptors (Lipinski definition) is 4. The molecule has 0 saturated heterocycles. The molecule has 23 heavy (non-hydrogen) atoms. The van der Waals surface area contributed by atoms with Gasteiger partial charge in [0, 0.05) is 12.6 Å². The monoisotopic (exact) mass is 318 g/mol. The second-order valence-corrected chi connectivity index (χ2v) is 6.14. The number of urea groups is 1. The van der Waals surface area contributed by atoms with Crippen molar-refractivity contribution in [2.24, 2.45) is 5.92 Å². The number of rotatable bonds is 6. The molecule has 0 spiro atoms. The normalized spacial score (nSPS) is 20.7. The molecule has 1 aromatic rings. The van der Waals surface area contributed by atoms with Gasteiger partial charge in [-0.05, 0) is 31.6 Å². The summed E-state index contributed by atoms with van der Waals surface area (Å²) in [5.74, 6) is 0.830. The molecule has 0 aromatic carbocycles. The highest BCUT2D eigenvalue weighted by Crippen LogP contribution is 2.26. The van der Waals surface area contributed by atoms with E-state index < -0.39 is 0 Å². The van der Waals surface area contributed by atoms with Crippen molar-refractivity contribution < 1.29 is 4.79 Å². The van der Waals surface area contributed by atoms with Crippen LogP contribution in [0, 0.1) is 17.2 Å². The van der Waals surface area contributed by atoms with Crippen molar-refractivity contribution in [2.75, 3.05) is 12.3 Å². The number of hydrogen-bond donors (Lipinski definition) is 4. The summed E-state index contributed by atoms with van der Waals surface area (Å²) in [5, 5.41) is 21.6. The Labute approximate surface area is 137 Å². The van der Waals surface area contributed by atoms with Gasteiger partial charge in [0.2, 0.25) is 0 Å². The number of aromatic nitrogens is 2. The van der Waals surface area contributed by atoms with E-state index in [-0.39, 0.29) is 11.8 Å². The highest BCUT2D eigenvalue weighted by atomic mass is 16.2. The lowest BCUT2D eigenvalue weighted by Gasteiger charge is -2.31. The summed E-state index contributed by atoms with van der Waals surface area (Å²) in [6.45, 7) is 2.74. The fraction of sp³-hybridized carbons (Fsp3) is 0.688. The summed E-state index contributed by atoms with van der Waals surface area (Å²) >= 11 is 0. The van der Waals surface area contributed by atoms with Crippen LogP contribution < -0.4 is 16.4 Å². The van der Waals surface area contributed by atoms with Gasteiger partial charge >= 0.3 is 6.03 Å². The Kier molecular flexibility index (Phi) is 6.27. The molecule has 0 radical (unpaired) electrons. The Bertz CT molecular complexity index is 561. The third-order valence-corrected chi connectivity index (χ3v) is 4.62. The lowest BCUT2D eigenvalue weighted by molar-refractivity contribution is 0.216. The first kappa shape index (κ1) is 17.1. The summed E-state index contributed by atoms with van der Waals surface area (Å²) < 4.78 is 0. The van der Waals surface area contributed by atoms with Gasteiger partial charge in [0.15, 0.2) is 5.82 Å². The van der Waals surface area contributed by atoms with Gasteiger partial charge in [-0.1, -0.05) is 26.2 Å². The van der Waals surface area contributed by atoms with E-state index in [0.717, 1.165) is 25.0 Å². The molecule has 1 aliphatic carbocycles. The third-order valence-electron chi connectivity index (χ3n) is 4.62. The maximum Gasteiger partial charge on any atom is 0.315 e. The molecule has 7 heteroatoms. The molecule has 2 amide bonds. The van der Waals surface area contributed by atoms with Crippen molar-refractivity contribution >= 4 is 11.8 Å². The van der Waals surface area contributed by atoms with Gasteiger partial charge < -0.3 is 16.4 Å². The van der Waals surface area contributed by atoms with Gasteiger partial charge in [-0.2, -0.15) is 10.4 Å². The fourth-order valence-electron chi connectivity index (χ4n) is 3.27. The standard InChI is InChI=1S/C16H26N6O/c1-2-11-6-3-4-7-13(11)20-16(23)19-9-5-8-14-12(10-17)15(18)22-21-14/h11,13H,2-9H2,1H3,(H3,18,21,22)(H2,19,20,23)/t11-,13-/m1/s1. The van der Waals surface area contributed by atoms with Crippen LogP contribution in [-0.4, -0.2) is 28.8 Å². The Morgan fingerprint density at radius 1 is 1.48 bits per heavy atom. The van der Waals surface area contributed by atoms with Crippen molar-refractivity contribution in [1.29, 1.82) is 5.26 Å². The van der Waals surface area contributed by atoms with E-state index in [4.69, 9.17) is 11.0 Å². The lowest BCUT2D eigenvalue weighted by Crippen LogP contribution is -2.46. The van der Waals surface area contributed by atoms with E-state index in [0.29, 0.717) is 30.5 Å². The number of nitrogen functional groups attached to an aromatic ring is 1. The number of aromatic amines is 1. The average molecular weight is 318 g/mol. The molecule has 1 fully saturated rings. The Morgan fingerprint density at radius 3 is 3.00 bits per heavy atom. The van der Waals surface area contributed by atoms with Crippen molar-refractivity contribution in [2.45, 2.75) is 57.9 Å². The molecular weight excluding hydrogens is 292 g/mol. The fourth-order valence-corrected chi connectivity index (χ4v) is 3.27. The Morgan fingerprint density at radius 2 is 2.26 bits per heavy atom. The van der Waals surface area contributed by atoms with Gasteiger partial charge in [0.25, 0.3) is 0 Å². The Hall–Kier alpha value is -2.23. The zero-order valence-corrected chi connectivity index (χ0v) is 13.7. The Balaban J connectivity index is 1.69. The second kappa shape index (κ2) is 8.42. The van der Waals surface area contributed by atoms with Crippen molar-refractivity contribution in [3.05, 3.63) is 11.3 Å². The minimum absolute atomic E-state index is 0.0972. The lowest BCUT2D eigenvalue weighted by atomic mass is 9.83. The first-order valence-electron chi connectivity index (χ1n) is 8.42. The first-order valence-corrected chi connectivity index (χ1v) is 8.42. The molecule has 1 heterocycles.